The van der Waals surface area contributed by atoms with Crippen LogP contribution in [0.1, 0.15) is 28.3 Å². The molecule has 2 amide bonds. The van der Waals surface area contributed by atoms with Gasteiger partial charge in [-0.2, -0.15) is 0 Å². The van der Waals surface area contributed by atoms with E-state index in [-0.39, 0.29) is 24.4 Å². The average Bonchev–Trinajstić information content (AvgIpc) is 3.23. The van der Waals surface area contributed by atoms with Gasteiger partial charge in [0.15, 0.2) is 0 Å². The van der Waals surface area contributed by atoms with Crippen LogP contribution in [0.2, 0.25) is 0 Å². The van der Waals surface area contributed by atoms with E-state index in [0.717, 1.165) is 15.2 Å². The van der Waals surface area contributed by atoms with Crippen molar-refractivity contribution < 1.29 is 9.59 Å². The Morgan fingerprint density at radius 2 is 1.62 bits per heavy atom. The SMILES string of the molecule is C[C@H](c1nc2ccccc2s1)N(C)CC(=O)Nc1ccccc1C(=O)Nc1ccccc1. The van der Waals surface area contributed by atoms with Crippen LogP contribution >= 0.6 is 11.3 Å². The van der Waals surface area contributed by atoms with Crippen LogP contribution in [0.5, 0.6) is 0 Å². The number of benzene rings is 3. The topological polar surface area (TPSA) is 74.3 Å². The molecule has 0 aliphatic carbocycles. The lowest BCUT2D eigenvalue weighted by Gasteiger charge is -2.22. The molecule has 0 aliphatic rings. The van der Waals surface area contributed by atoms with E-state index in [4.69, 9.17) is 4.98 Å². The zero-order valence-corrected chi connectivity index (χ0v) is 18.7. The van der Waals surface area contributed by atoms with E-state index in [9.17, 15) is 9.59 Å². The fraction of sp³-hybridized carbons (Fsp3) is 0.160. The zero-order valence-electron chi connectivity index (χ0n) is 17.9. The van der Waals surface area contributed by atoms with E-state index in [1.165, 1.54) is 0 Å². The molecule has 4 aromatic rings. The summed E-state index contributed by atoms with van der Waals surface area (Å²) in [5, 5.41) is 6.70. The maximum Gasteiger partial charge on any atom is 0.257 e. The summed E-state index contributed by atoms with van der Waals surface area (Å²) in [5.41, 5.74) is 2.55. The number of nitrogens with zero attached hydrogens (tertiary/aromatic N) is 2. The largest absolute Gasteiger partial charge is 0.324 e. The van der Waals surface area contributed by atoms with Crippen LogP contribution in [-0.4, -0.2) is 35.3 Å². The summed E-state index contributed by atoms with van der Waals surface area (Å²) in [6.07, 6.45) is 0. The highest BCUT2D eigenvalue weighted by atomic mass is 32.1. The summed E-state index contributed by atoms with van der Waals surface area (Å²) >= 11 is 1.63. The standard InChI is InChI=1S/C25H24N4O2S/c1-17(25-28-21-14-8-9-15-22(21)32-25)29(2)16-23(30)27-20-13-7-6-12-19(20)24(31)26-18-10-4-3-5-11-18/h3-15,17H,16H2,1-2H3,(H,26,31)(H,27,30)/t17-/m1/s1. The van der Waals surface area contributed by atoms with Crippen molar-refractivity contribution in [1.82, 2.24) is 9.88 Å². The molecule has 2 N–H and O–H groups in total. The van der Waals surface area contributed by atoms with Crippen LogP contribution in [0.15, 0.2) is 78.9 Å². The van der Waals surface area contributed by atoms with E-state index in [2.05, 4.69) is 10.6 Å². The third kappa shape index (κ3) is 5.01. The van der Waals surface area contributed by atoms with E-state index in [1.807, 2.05) is 73.5 Å². The zero-order chi connectivity index (χ0) is 22.5. The number of anilines is 2. The van der Waals surface area contributed by atoms with Crippen LogP contribution in [0.25, 0.3) is 10.2 Å². The minimum atomic E-state index is -0.275. The molecule has 6 nitrogen and oxygen atoms in total. The lowest BCUT2D eigenvalue weighted by atomic mass is 10.1. The van der Waals surface area contributed by atoms with Crippen LogP contribution in [0, 0.1) is 0 Å². The summed E-state index contributed by atoms with van der Waals surface area (Å²) in [5.74, 6) is -0.469. The Bertz CT molecular complexity index is 1210. The number of amides is 2. The smallest absolute Gasteiger partial charge is 0.257 e. The Labute approximate surface area is 190 Å². The van der Waals surface area contributed by atoms with Crippen LogP contribution in [-0.2, 0) is 4.79 Å². The Hall–Kier alpha value is -3.55. The molecule has 0 fully saturated rings. The summed E-state index contributed by atoms with van der Waals surface area (Å²) in [4.78, 5) is 32.1. The van der Waals surface area contributed by atoms with E-state index in [1.54, 1.807) is 35.6 Å². The molecule has 0 spiro atoms. The predicted molar refractivity (Wildman–Crippen MR) is 130 cm³/mol. The maximum atomic E-state index is 12.8. The Morgan fingerprint density at radius 3 is 2.41 bits per heavy atom. The second-order valence-corrected chi connectivity index (χ2v) is 8.59. The number of carbonyl (C=O) groups is 2. The molecule has 1 aromatic heterocycles. The Balaban J connectivity index is 1.42. The van der Waals surface area contributed by atoms with Gasteiger partial charge in [-0.05, 0) is 50.4 Å². The van der Waals surface area contributed by atoms with Crippen molar-refractivity contribution in [3.05, 3.63) is 89.4 Å². The second kappa shape index (κ2) is 9.72. The van der Waals surface area contributed by atoms with Crippen molar-refractivity contribution in [1.29, 1.82) is 0 Å². The van der Waals surface area contributed by atoms with Crippen molar-refractivity contribution >= 4 is 44.7 Å². The van der Waals surface area contributed by atoms with Gasteiger partial charge in [0.05, 0.1) is 34.1 Å². The molecule has 0 saturated heterocycles. The van der Waals surface area contributed by atoms with Crippen molar-refractivity contribution in [3.63, 3.8) is 0 Å². The van der Waals surface area contributed by atoms with Gasteiger partial charge in [0, 0.05) is 5.69 Å². The van der Waals surface area contributed by atoms with Crippen molar-refractivity contribution in [3.8, 4) is 0 Å². The first-order valence-electron chi connectivity index (χ1n) is 10.3. The van der Waals surface area contributed by atoms with Gasteiger partial charge in [0.25, 0.3) is 5.91 Å². The van der Waals surface area contributed by atoms with Crippen molar-refractivity contribution in [2.75, 3.05) is 24.2 Å². The van der Waals surface area contributed by atoms with Gasteiger partial charge < -0.3 is 10.6 Å². The number of likely N-dealkylation sites (N-methyl/N-ethyl adjacent to an activating group) is 1. The van der Waals surface area contributed by atoms with Gasteiger partial charge in [-0.3, -0.25) is 14.5 Å². The fourth-order valence-corrected chi connectivity index (χ4v) is 4.41. The molecule has 0 unspecified atom stereocenters. The first kappa shape index (κ1) is 21.7. The van der Waals surface area contributed by atoms with Crippen molar-refractivity contribution in [2.45, 2.75) is 13.0 Å². The molecule has 1 atom stereocenters. The number of carbonyl (C=O) groups excluding carboxylic acids is 2. The Kier molecular flexibility index (Phi) is 6.58. The summed E-state index contributed by atoms with van der Waals surface area (Å²) in [7, 11) is 1.89. The molecule has 0 bridgehead atoms. The highest BCUT2D eigenvalue weighted by Gasteiger charge is 2.20. The van der Waals surface area contributed by atoms with Crippen molar-refractivity contribution in [2.24, 2.45) is 0 Å². The molecule has 4 rings (SSSR count). The van der Waals surface area contributed by atoms with Gasteiger partial charge in [-0.1, -0.05) is 42.5 Å². The molecule has 32 heavy (non-hydrogen) atoms. The second-order valence-electron chi connectivity index (χ2n) is 7.52. The van der Waals surface area contributed by atoms with Gasteiger partial charge in [-0.15, -0.1) is 11.3 Å². The van der Waals surface area contributed by atoms with Gasteiger partial charge >= 0.3 is 0 Å². The summed E-state index contributed by atoms with van der Waals surface area (Å²) in [6.45, 7) is 2.21. The number of hydrogen-bond acceptors (Lipinski definition) is 5. The molecular formula is C25H24N4O2S. The molecule has 1 heterocycles. The van der Waals surface area contributed by atoms with Crippen LogP contribution < -0.4 is 10.6 Å². The highest BCUT2D eigenvalue weighted by molar-refractivity contribution is 7.18. The minimum absolute atomic E-state index is 0.0187. The molecule has 7 heteroatoms. The van der Waals surface area contributed by atoms with Crippen LogP contribution in [0.4, 0.5) is 11.4 Å². The van der Waals surface area contributed by atoms with Gasteiger partial charge in [0.2, 0.25) is 5.91 Å². The number of fused-ring (bicyclic) bond motifs is 1. The van der Waals surface area contributed by atoms with Gasteiger partial charge in [0.1, 0.15) is 5.01 Å². The summed E-state index contributed by atoms with van der Waals surface area (Å²) in [6, 6.07) is 24.2. The Morgan fingerprint density at radius 1 is 0.938 bits per heavy atom. The monoisotopic (exact) mass is 444 g/mol. The molecule has 162 valence electrons. The number of thiazole rings is 1. The molecular weight excluding hydrogens is 420 g/mol. The number of rotatable bonds is 7. The number of hydrogen-bond donors (Lipinski definition) is 2. The lowest BCUT2D eigenvalue weighted by Crippen LogP contribution is -2.32. The van der Waals surface area contributed by atoms with E-state index < -0.39 is 0 Å². The highest BCUT2D eigenvalue weighted by Crippen LogP contribution is 2.28. The van der Waals surface area contributed by atoms with Crippen LogP contribution in [0.3, 0.4) is 0 Å². The average molecular weight is 445 g/mol. The first-order valence-corrected chi connectivity index (χ1v) is 11.1. The van der Waals surface area contributed by atoms with E-state index >= 15 is 0 Å². The number of aromatic nitrogens is 1. The molecule has 0 aliphatic heterocycles. The normalized spacial score (nSPS) is 12.0. The molecule has 3 aromatic carbocycles. The fourth-order valence-electron chi connectivity index (χ4n) is 3.32. The first-order chi connectivity index (χ1) is 15.5. The quantitative estimate of drug-likeness (QED) is 0.412. The third-order valence-electron chi connectivity index (χ3n) is 5.20. The predicted octanol–water partition coefficient (Wildman–Crippen LogP) is 5.18. The summed E-state index contributed by atoms with van der Waals surface area (Å²) < 4.78 is 1.13. The van der Waals surface area contributed by atoms with Gasteiger partial charge in [-0.25, -0.2) is 4.98 Å². The number of para-hydroxylation sites is 3. The lowest BCUT2D eigenvalue weighted by molar-refractivity contribution is -0.117. The molecule has 0 saturated carbocycles. The van der Waals surface area contributed by atoms with E-state index in [0.29, 0.717) is 16.9 Å². The molecule has 0 radical (unpaired) electrons. The number of nitrogens with one attached hydrogen (secondary N) is 2. The third-order valence-corrected chi connectivity index (χ3v) is 6.41. The minimum Gasteiger partial charge on any atom is -0.324 e. The maximum absolute atomic E-state index is 12.8.